The second kappa shape index (κ2) is 10.3. The van der Waals surface area contributed by atoms with Gasteiger partial charge in [-0.15, -0.1) is 0 Å². The Kier molecular flexibility index (Phi) is 7.28. The van der Waals surface area contributed by atoms with Crippen LogP contribution in [0, 0.1) is 13.8 Å². The first-order chi connectivity index (χ1) is 14.1. The SMILES string of the molecule is Cc1ccc(NC(=O)CNc2ccccc2OCCCc2ccccc2)cc1C. The van der Waals surface area contributed by atoms with Crippen molar-refractivity contribution in [3.05, 3.63) is 89.5 Å². The third-order valence-corrected chi connectivity index (χ3v) is 4.83. The molecule has 0 aromatic heterocycles. The molecule has 3 rings (SSSR count). The number of carbonyl (C=O) groups is 1. The van der Waals surface area contributed by atoms with E-state index in [1.807, 2.05) is 55.5 Å². The van der Waals surface area contributed by atoms with Crippen LogP contribution in [0.25, 0.3) is 0 Å². The maximum Gasteiger partial charge on any atom is 0.243 e. The van der Waals surface area contributed by atoms with Crippen molar-refractivity contribution in [3.63, 3.8) is 0 Å². The largest absolute Gasteiger partial charge is 0.491 e. The summed E-state index contributed by atoms with van der Waals surface area (Å²) in [6, 6.07) is 24.0. The van der Waals surface area contributed by atoms with Gasteiger partial charge in [0.15, 0.2) is 0 Å². The minimum Gasteiger partial charge on any atom is -0.491 e. The van der Waals surface area contributed by atoms with Gasteiger partial charge >= 0.3 is 0 Å². The van der Waals surface area contributed by atoms with E-state index in [1.54, 1.807) is 0 Å². The molecule has 4 heteroatoms. The van der Waals surface area contributed by atoms with Crippen LogP contribution in [0.1, 0.15) is 23.1 Å². The Balaban J connectivity index is 1.48. The fraction of sp³-hybridized carbons (Fsp3) is 0.240. The predicted octanol–water partition coefficient (Wildman–Crippen LogP) is 5.37. The Bertz CT molecular complexity index is 939. The number of nitrogens with one attached hydrogen (secondary N) is 2. The van der Waals surface area contributed by atoms with E-state index in [2.05, 4.69) is 41.8 Å². The zero-order valence-corrected chi connectivity index (χ0v) is 17.1. The lowest BCUT2D eigenvalue weighted by atomic mass is 10.1. The monoisotopic (exact) mass is 388 g/mol. The molecule has 150 valence electrons. The number of anilines is 2. The lowest BCUT2D eigenvalue weighted by molar-refractivity contribution is -0.114. The quantitative estimate of drug-likeness (QED) is 0.485. The molecule has 3 aromatic carbocycles. The highest BCUT2D eigenvalue weighted by atomic mass is 16.5. The van der Waals surface area contributed by atoms with Crippen molar-refractivity contribution in [2.45, 2.75) is 26.7 Å². The molecule has 0 aliphatic carbocycles. The smallest absolute Gasteiger partial charge is 0.243 e. The number of hydrogen-bond acceptors (Lipinski definition) is 3. The van der Waals surface area contributed by atoms with Gasteiger partial charge in [-0.05, 0) is 67.6 Å². The van der Waals surface area contributed by atoms with E-state index in [1.165, 1.54) is 11.1 Å². The van der Waals surface area contributed by atoms with E-state index in [-0.39, 0.29) is 12.5 Å². The number of ether oxygens (including phenoxy) is 1. The van der Waals surface area contributed by atoms with Gasteiger partial charge in [-0.1, -0.05) is 48.5 Å². The van der Waals surface area contributed by atoms with Gasteiger partial charge < -0.3 is 15.4 Å². The molecule has 0 saturated carbocycles. The van der Waals surface area contributed by atoms with Crippen LogP contribution in [-0.4, -0.2) is 19.1 Å². The number of hydrogen-bond donors (Lipinski definition) is 2. The van der Waals surface area contributed by atoms with Gasteiger partial charge in [-0.2, -0.15) is 0 Å². The van der Waals surface area contributed by atoms with Gasteiger partial charge in [-0.25, -0.2) is 0 Å². The normalized spacial score (nSPS) is 10.4. The topological polar surface area (TPSA) is 50.4 Å². The van der Waals surface area contributed by atoms with Crippen LogP contribution < -0.4 is 15.4 Å². The fourth-order valence-electron chi connectivity index (χ4n) is 3.04. The van der Waals surface area contributed by atoms with Crippen molar-refractivity contribution in [2.24, 2.45) is 0 Å². The molecule has 2 N–H and O–H groups in total. The maximum atomic E-state index is 12.3. The number of para-hydroxylation sites is 2. The molecule has 1 amide bonds. The van der Waals surface area contributed by atoms with Gasteiger partial charge in [0, 0.05) is 5.69 Å². The van der Waals surface area contributed by atoms with Crippen molar-refractivity contribution < 1.29 is 9.53 Å². The summed E-state index contributed by atoms with van der Waals surface area (Å²) in [4.78, 5) is 12.3. The van der Waals surface area contributed by atoms with Gasteiger partial charge in [0.1, 0.15) is 5.75 Å². The van der Waals surface area contributed by atoms with Crippen LogP contribution >= 0.6 is 0 Å². The highest BCUT2D eigenvalue weighted by Gasteiger charge is 2.07. The third kappa shape index (κ3) is 6.39. The second-order valence-corrected chi connectivity index (χ2v) is 7.13. The van der Waals surface area contributed by atoms with E-state index in [0.717, 1.165) is 35.5 Å². The van der Waals surface area contributed by atoms with Crippen molar-refractivity contribution in [2.75, 3.05) is 23.8 Å². The van der Waals surface area contributed by atoms with Gasteiger partial charge in [-0.3, -0.25) is 4.79 Å². The van der Waals surface area contributed by atoms with Crippen LogP contribution in [0.4, 0.5) is 11.4 Å². The molecule has 4 nitrogen and oxygen atoms in total. The maximum absolute atomic E-state index is 12.3. The molecule has 0 atom stereocenters. The minimum absolute atomic E-state index is 0.0906. The summed E-state index contributed by atoms with van der Waals surface area (Å²) in [5, 5.41) is 6.11. The molecule has 0 spiro atoms. The third-order valence-electron chi connectivity index (χ3n) is 4.83. The molecule has 3 aromatic rings. The second-order valence-electron chi connectivity index (χ2n) is 7.13. The first-order valence-electron chi connectivity index (χ1n) is 9.98. The Hall–Kier alpha value is -3.27. The molecule has 0 unspecified atom stereocenters. The standard InChI is InChI=1S/C25H28N2O2/c1-19-14-15-22(17-20(19)2)27-25(28)18-26-23-12-6-7-13-24(23)29-16-8-11-21-9-4-3-5-10-21/h3-7,9-10,12-15,17,26H,8,11,16,18H2,1-2H3,(H,27,28). The molecule has 0 heterocycles. The average molecular weight is 389 g/mol. The Morgan fingerprint density at radius 3 is 2.45 bits per heavy atom. The minimum atomic E-state index is -0.0906. The van der Waals surface area contributed by atoms with Crippen LogP contribution in [-0.2, 0) is 11.2 Å². The molecule has 0 saturated heterocycles. The summed E-state index contributed by atoms with van der Waals surface area (Å²) in [5.74, 6) is 0.673. The van der Waals surface area contributed by atoms with E-state index in [4.69, 9.17) is 4.74 Å². The van der Waals surface area contributed by atoms with E-state index in [9.17, 15) is 4.79 Å². The molecular formula is C25H28N2O2. The molecular weight excluding hydrogens is 360 g/mol. The zero-order valence-electron chi connectivity index (χ0n) is 17.1. The first kappa shape index (κ1) is 20.5. The van der Waals surface area contributed by atoms with E-state index >= 15 is 0 Å². The van der Waals surface area contributed by atoms with Crippen LogP contribution in [0.3, 0.4) is 0 Å². The van der Waals surface area contributed by atoms with Crippen LogP contribution in [0.2, 0.25) is 0 Å². The Morgan fingerprint density at radius 1 is 0.897 bits per heavy atom. The van der Waals surface area contributed by atoms with Crippen LogP contribution in [0.15, 0.2) is 72.8 Å². The van der Waals surface area contributed by atoms with Crippen LogP contribution in [0.5, 0.6) is 5.75 Å². The molecule has 0 aliphatic heterocycles. The van der Waals surface area contributed by atoms with Gasteiger partial charge in [0.25, 0.3) is 0 Å². The number of benzene rings is 3. The summed E-state index contributed by atoms with van der Waals surface area (Å²) < 4.78 is 5.94. The number of rotatable bonds is 9. The van der Waals surface area contributed by atoms with Crippen molar-refractivity contribution >= 4 is 17.3 Å². The van der Waals surface area contributed by atoms with E-state index < -0.39 is 0 Å². The number of aryl methyl sites for hydroxylation is 3. The summed E-state index contributed by atoms with van der Waals surface area (Å²) >= 11 is 0. The zero-order chi connectivity index (χ0) is 20.5. The number of amides is 1. The molecule has 0 aliphatic rings. The molecule has 0 bridgehead atoms. The van der Waals surface area contributed by atoms with Gasteiger partial charge in [0.2, 0.25) is 5.91 Å². The first-order valence-corrected chi connectivity index (χ1v) is 9.98. The lowest BCUT2D eigenvalue weighted by Gasteiger charge is -2.13. The van der Waals surface area contributed by atoms with Gasteiger partial charge in [0.05, 0.1) is 18.8 Å². The Labute approximate surface area is 172 Å². The summed E-state index contributed by atoms with van der Waals surface area (Å²) in [6.07, 6.45) is 1.92. The molecule has 29 heavy (non-hydrogen) atoms. The predicted molar refractivity (Wildman–Crippen MR) is 120 cm³/mol. The summed E-state index contributed by atoms with van der Waals surface area (Å²) in [6.45, 7) is 4.90. The average Bonchev–Trinajstić information content (AvgIpc) is 2.74. The van der Waals surface area contributed by atoms with Crippen molar-refractivity contribution in [1.82, 2.24) is 0 Å². The molecule has 0 radical (unpaired) electrons. The van der Waals surface area contributed by atoms with E-state index in [0.29, 0.717) is 6.61 Å². The Morgan fingerprint density at radius 2 is 1.66 bits per heavy atom. The fourth-order valence-corrected chi connectivity index (χ4v) is 3.04. The lowest BCUT2D eigenvalue weighted by Crippen LogP contribution is -2.22. The summed E-state index contributed by atoms with van der Waals surface area (Å²) in [5.41, 5.74) is 5.31. The number of carbonyl (C=O) groups excluding carboxylic acids is 1. The van der Waals surface area contributed by atoms with Crippen molar-refractivity contribution in [1.29, 1.82) is 0 Å². The highest BCUT2D eigenvalue weighted by molar-refractivity contribution is 5.94. The van der Waals surface area contributed by atoms with Crippen molar-refractivity contribution in [3.8, 4) is 5.75 Å². The highest BCUT2D eigenvalue weighted by Crippen LogP contribution is 2.24. The molecule has 0 fully saturated rings. The summed E-state index contributed by atoms with van der Waals surface area (Å²) in [7, 11) is 0.